The normalized spacial score (nSPS) is 17.2. The Morgan fingerprint density at radius 3 is 2.59 bits per heavy atom. The van der Waals surface area contributed by atoms with Gasteiger partial charge in [-0.2, -0.15) is 0 Å². The van der Waals surface area contributed by atoms with Crippen molar-refractivity contribution in [3.63, 3.8) is 0 Å². The van der Waals surface area contributed by atoms with E-state index < -0.39 is 12.1 Å². The third-order valence-corrected chi connectivity index (χ3v) is 4.84. The molecule has 0 radical (unpaired) electrons. The molecule has 3 aromatic rings. The maximum absolute atomic E-state index is 13.1. The van der Waals surface area contributed by atoms with Gasteiger partial charge in [0.25, 0.3) is 5.91 Å². The zero-order valence-electron chi connectivity index (χ0n) is 14.7. The fourth-order valence-corrected chi connectivity index (χ4v) is 3.48. The third-order valence-electron chi connectivity index (χ3n) is 4.84. The number of benzene rings is 2. The Morgan fingerprint density at radius 2 is 1.81 bits per heavy atom. The molecule has 6 nitrogen and oxygen atoms in total. The Balaban J connectivity index is 1.67. The number of aliphatic carboxylic acids is 1. The largest absolute Gasteiger partial charge is 0.479 e. The van der Waals surface area contributed by atoms with Crippen LogP contribution >= 0.6 is 0 Å². The molecule has 1 aliphatic heterocycles. The van der Waals surface area contributed by atoms with Crippen molar-refractivity contribution in [3.05, 3.63) is 71.9 Å². The zero-order valence-corrected chi connectivity index (χ0v) is 14.7. The number of aromatic nitrogens is 1. The van der Waals surface area contributed by atoms with Crippen LogP contribution in [0.1, 0.15) is 15.9 Å². The highest BCUT2D eigenvalue weighted by molar-refractivity contribution is 6.07. The number of carbonyl (C=O) groups is 2. The number of fused-ring (bicyclic) bond motifs is 1. The molecule has 1 atom stereocenters. The summed E-state index contributed by atoms with van der Waals surface area (Å²) in [6, 6.07) is 17.8. The number of hydrogen-bond acceptors (Lipinski definition) is 3. The Kier molecular flexibility index (Phi) is 4.64. The second-order valence-electron chi connectivity index (χ2n) is 6.62. The molecule has 4 rings (SSSR count). The van der Waals surface area contributed by atoms with E-state index in [4.69, 9.17) is 4.74 Å². The first kappa shape index (κ1) is 17.3. The Labute approximate surface area is 156 Å². The zero-order chi connectivity index (χ0) is 18.8. The van der Waals surface area contributed by atoms with Gasteiger partial charge in [-0.1, -0.05) is 48.5 Å². The van der Waals surface area contributed by atoms with Crippen molar-refractivity contribution < 1.29 is 19.4 Å². The van der Waals surface area contributed by atoms with Crippen molar-refractivity contribution in [1.82, 2.24) is 9.47 Å². The van der Waals surface area contributed by atoms with Crippen LogP contribution in [0.25, 0.3) is 10.9 Å². The van der Waals surface area contributed by atoms with Gasteiger partial charge in [0.05, 0.1) is 18.7 Å². The minimum absolute atomic E-state index is 0.0619. The number of hydrogen-bond donors (Lipinski definition) is 1. The van der Waals surface area contributed by atoms with Crippen molar-refractivity contribution in [2.75, 3.05) is 19.7 Å². The highest BCUT2D eigenvalue weighted by Crippen LogP contribution is 2.24. The summed E-state index contributed by atoms with van der Waals surface area (Å²) in [7, 11) is 0. The van der Waals surface area contributed by atoms with E-state index in [9.17, 15) is 14.7 Å². The van der Waals surface area contributed by atoms with Gasteiger partial charge in [-0.3, -0.25) is 4.79 Å². The van der Waals surface area contributed by atoms with Crippen LogP contribution < -0.4 is 0 Å². The van der Waals surface area contributed by atoms with Crippen molar-refractivity contribution in [2.45, 2.75) is 12.6 Å². The molecule has 1 amide bonds. The fourth-order valence-electron chi connectivity index (χ4n) is 3.48. The number of rotatable bonds is 4. The van der Waals surface area contributed by atoms with E-state index in [2.05, 4.69) is 16.7 Å². The first-order chi connectivity index (χ1) is 13.1. The van der Waals surface area contributed by atoms with Crippen LogP contribution in [-0.2, 0) is 16.1 Å². The summed E-state index contributed by atoms with van der Waals surface area (Å²) in [6.45, 7) is 1.34. The summed E-state index contributed by atoms with van der Waals surface area (Å²) < 4.78 is 7.29. The van der Waals surface area contributed by atoms with Gasteiger partial charge < -0.3 is 19.3 Å². The van der Waals surface area contributed by atoms with E-state index in [1.807, 2.05) is 48.7 Å². The van der Waals surface area contributed by atoms with E-state index in [-0.39, 0.29) is 19.1 Å². The standard InChI is InChI=1S/C21H20N2O4/c24-20(22-10-11-27-19(14-22)21(25)26)17-13-23(12-15-6-2-1-3-7-15)18-9-5-4-8-16(17)18/h1-9,13,19H,10-12,14H2,(H,25,26)/t19-/m0/s1. The van der Waals surface area contributed by atoms with Crippen LogP contribution in [0.2, 0.25) is 0 Å². The predicted molar refractivity (Wildman–Crippen MR) is 101 cm³/mol. The molecule has 1 aromatic heterocycles. The van der Waals surface area contributed by atoms with Crippen LogP contribution in [0.4, 0.5) is 0 Å². The van der Waals surface area contributed by atoms with Gasteiger partial charge in [0, 0.05) is 30.2 Å². The number of ether oxygens (including phenoxy) is 1. The molecule has 1 saturated heterocycles. The topological polar surface area (TPSA) is 71.8 Å². The van der Waals surface area contributed by atoms with Crippen molar-refractivity contribution >= 4 is 22.8 Å². The van der Waals surface area contributed by atoms with Crippen molar-refractivity contribution in [2.24, 2.45) is 0 Å². The summed E-state index contributed by atoms with van der Waals surface area (Å²) in [5.74, 6) is -1.20. The van der Waals surface area contributed by atoms with Gasteiger partial charge in [0.15, 0.2) is 6.10 Å². The van der Waals surface area contributed by atoms with Gasteiger partial charge in [-0.25, -0.2) is 4.79 Å². The van der Waals surface area contributed by atoms with Gasteiger partial charge in [-0.05, 0) is 11.6 Å². The second kappa shape index (κ2) is 7.25. The van der Waals surface area contributed by atoms with Gasteiger partial charge in [0.2, 0.25) is 0 Å². The van der Waals surface area contributed by atoms with E-state index in [0.29, 0.717) is 18.7 Å². The SMILES string of the molecule is O=C(O)[C@@H]1CN(C(=O)c2cn(Cc3ccccc3)c3ccccc23)CCO1. The lowest BCUT2D eigenvalue weighted by Gasteiger charge is -2.30. The summed E-state index contributed by atoms with van der Waals surface area (Å²) in [4.78, 5) is 25.9. The first-order valence-electron chi connectivity index (χ1n) is 8.89. The Morgan fingerprint density at radius 1 is 1.07 bits per heavy atom. The number of carbonyl (C=O) groups excluding carboxylic acids is 1. The number of amides is 1. The quantitative estimate of drug-likeness (QED) is 0.772. The molecule has 27 heavy (non-hydrogen) atoms. The van der Waals surface area contributed by atoms with Crippen LogP contribution in [-0.4, -0.2) is 52.3 Å². The van der Waals surface area contributed by atoms with Crippen LogP contribution in [0, 0.1) is 0 Å². The Bertz CT molecular complexity index is 980. The summed E-state index contributed by atoms with van der Waals surface area (Å²) in [5, 5.41) is 10.1. The number of morpholine rings is 1. The highest BCUT2D eigenvalue weighted by Gasteiger charge is 2.30. The summed E-state index contributed by atoms with van der Waals surface area (Å²) in [6.07, 6.45) is 0.894. The van der Waals surface area contributed by atoms with Crippen LogP contribution in [0.5, 0.6) is 0 Å². The maximum atomic E-state index is 13.1. The molecular weight excluding hydrogens is 344 g/mol. The molecule has 6 heteroatoms. The number of nitrogens with zero attached hydrogens (tertiary/aromatic N) is 2. The molecule has 1 aliphatic rings. The lowest BCUT2D eigenvalue weighted by atomic mass is 10.1. The average Bonchev–Trinajstić information content (AvgIpc) is 3.07. The smallest absolute Gasteiger partial charge is 0.334 e. The van der Waals surface area contributed by atoms with Gasteiger partial charge in [0.1, 0.15) is 0 Å². The van der Waals surface area contributed by atoms with E-state index in [1.165, 1.54) is 0 Å². The lowest BCUT2D eigenvalue weighted by Crippen LogP contribution is -2.48. The number of carboxylic acids is 1. The lowest BCUT2D eigenvalue weighted by molar-refractivity contribution is -0.154. The van der Waals surface area contributed by atoms with E-state index in [1.54, 1.807) is 4.90 Å². The van der Waals surface area contributed by atoms with Crippen molar-refractivity contribution in [1.29, 1.82) is 0 Å². The van der Waals surface area contributed by atoms with Crippen LogP contribution in [0.15, 0.2) is 60.8 Å². The molecule has 0 spiro atoms. The molecule has 0 unspecified atom stereocenters. The van der Waals surface area contributed by atoms with E-state index >= 15 is 0 Å². The molecule has 138 valence electrons. The van der Waals surface area contributed by atoms with Gasteiger partial charge >= 0.3 is 5.97 Å². The molecule has 0 bridgehead atoms. The molecule has 1 N–H and O–H groups in total. The summed E-state index contributed by atoms with van der Waals surface area (Å²) >= 11 is 0. The molecule has 0 aliphatic carbocycles. The monoisotopic (exact) mass is 364 g/mol. The van der Waals surface area contributed by atoms with Crippen LogP contribution in [0.3, 0.4) is 0 Å². The number of carboxylic acid groups (broad SMARTS) is 1. The second-order valence-corrected chi connectivity index (χ2v) is 6.62. The first-order valence-corrected chi connectivity index (χ1v) is 8.89. The van der Waals surface area contributed by atoms with Crippen molar-refractivity contribution in [3.8, 4) is 0 Å². The average molecular weight is 364 g/mol. The predicted octanol–water partition coefficient (Wildman–Crippen LogP) is 2.62. The molecule has 1 fully saturated rings. The molecule has 2 heterocycles. The Hall–Kier alpha value is -3.12. The molecule has 2 aromatic carbocycles. The number of para-hydroxylation sites is 1. The minimum atomic E-state index is -1.04. The molecular formula is C21H20N2O4. The third kappa shape index (κ3) is 3.44. The molecule has 0 saturated carbocycles. The van der Waals surface area contributed by atoms with E-state index in [0.717, 1.165) is 16.5 Å². The summed E-state index contributed by atoms with van der Waals surface area (Å²) in [5.41, 5.74) is 2.72. The highest BCUT2D eigenvalue weighted by atomic mass is 16.5. The van der Waals surface area contributed by atoms with Gasteiger partial charge in [-0.15, -0.1) is 0 Å². The fraction of sp³-hybridized carbons (Fsp3) is 0.238. The minimum Gasteiger partial charge on any atom is -0.479 e. The maximum Gasteiger partial charge on any atom is 0.334 e.